The van der Waals surface area contributed by atoms with Crippen LogP contribution in [-0.2, 0) is 41.7 Å². The molecule has 2 aliphatic rings. The zero-order chi connectivity index (χ0) is 26.6. The Kier molecular flexibility index (Phi) is 12.3. The van der Waals surface area contributed by atoms with Crippen LogP contribution >= 0.6 is 0 Å². The average Bonchev–Trinajstić information content (AvgIpc) is 2.95. The minimum Gasteiger partial charge on any atom is -0.495 e. The van der Waals surface area contributed by atoms with E-state index in [2.05, 4.69) is 24.4 Å². The van der Waals surface area contributed by atoms with Gasteiger partial charge in [0.15, 0.2) is 0 Å². The van der Waals surface area contributed by atoms with E-state index in [-0.39, 0.29) is 18.8 Å². The topological polar surface area (TPSA) is 85.7 Å². The molecule has 0 amide bonds. The van der Waals surface area contributed by atoms with Crippen molar-refractivity contribution in [1.29, 1.82) is 0 Å². The predicted octanol–water partition coefficient (Wildman–Crippen LogP) is 5.21. The Morgan fingerprint density at radius 1 is 0.811 bits per heavy atom. The molecule has 0 saturated heterocycles. The Bertz CT molecular complexity index is 982. The molecule has 0 aromatic carbocycles. The number of methoxy groups -OCH3 is 3. The van der Waals surface area contributed by atoms with Crippen LogP contribution in [0, 0.1) is 0 Å². The first kappa shape index (κ1) is 29.5. The molecule has 37 heavy (non-hydrogen) atoms. The molecule has 2 aromatic heterocycles. The number of aromatic nitrogens is 2. The third-order valence-electron chi connectivity index (χ3n) is 7.48. The van der Waals surface area contributed by atoms with Gasteiger partial charge in [0.1, 0.15) is 11.4 Å². The van der Waals surface area contributed by atoms with E-state index in [9.17, 15) is 0 Å². The van der Waals surface area contributed by atoms with E-state index < -0.39 is 0 Å². The molecule has 0 bridgehead atoms. The predicted molar refractivity (Wildman–Crippen MR) is 147 cm³/mol. The smallest absolute Gasteiger partial charge is 0.143 e. The van der Waals surface area contributed by atoms with Crippen molar-refractivity contribution >= 4 is 0 Å². The first-order valence-electron chi connectivity index (χ1n) is 14.0. The highest BCUT2D eigenvalue weighted by molar-refractivity contribution is 5.38. The summed E-state index contributed by atoms with van der Waals surface area (Å²) >= 11 is 0. The number of rotatable bonds is 11. The van der Waals surface area contributed by atoms with Gasteiger partial charge >= 0.3 is 0 Å². The number of nitrogens with zero attached hydrogens (tertiary/aromatic N) is 2. The second kappa shape index (κ2) is 15.4. The highest BCUT2D eigenvalue weighted by Gasteiger charge is 2.20. The number of ether oxygens (including phenoxy) is 3. The molecule has 2 atom stereocenters. The molecule has 0 radical (unpaired) electrons. The molecular weight excluding hydrogens is 466 g/mol. The lowest BCUT2D eigenvalue weighted by atomic mass is 9.93. The number of unbranched alkanes of at least 4 members (excludes halogenated alkanes) is 1. The maximum atomic E-state index is 8.81. The molecule has 2 N–H and O–H groups in total. The molecule has 4 rings (SSSR count). The highest BCUT2D eigenvalue weighted by Crippen LogP contribution is 2.31. The number of pyridine rings is 2. The third kappa shape index (κ3) is 8.21. The molecule has 7 nitrogen and oxygen atoms in total. The fourth-order valence-electron chi connectivity index (χ4n) is 5.08. The van der Waals surface area contributed by atoms with E-state index in [1.807, 2.05) is 6.92 Å². The van der Waals surface area contributed by atoms with Crippen LogP contribution in [0.1, 0.15) is 104 Å². The summed E-state index contributed by atoms with van der Waals surface area (Å²) in [7, 11) is 5.13. The second-order valence-electron chi connectivity index (χ2n) is 10.1. The first-order valence-corrected chi connectivity index (χ1v) is 14.0. The van der Waals surface area contributed by atoms with Gasteiger partial charge in [-0.15, -0.1) is 0 Å². The van der Waals surface area contributed by atoms with Crippen LogP contribution in [0.3, 0.4) is 0 Å². The summed E-state index contributed by atoms with van der Waals surface area (Å²) in [6.45, 7) is 6.09. The summed E-state index contributed by atoms with van der Waals surface area (Å²) in [5, 5.41) is 12.3. The zero-order valence-electron chi connectivity index (χ0n) is 23.6. The normalized spacial score (nSPS) is 16.2. The number of aliphatic hydroxyl groups excluding tert-OH is 1. The van der Waals surface area contributed by atoms with E-state index in [0.717, 1.165) is 68.8 Å². The molecule has 2 aromatic rings. The molecule has 0 fully saturated rings. The van der Waals surface area contributed by atoms with Gasteiger partial charge in [-0.1, -0.05) is 6.07 Å². The average molecular weight is 514 g/mol. The Morgan fingerprint density at radius 2 is 1.38 bits per heavy atom. The number of fused-ring (bicyclic) bond motifs is 2. The lowest BCUT2D eigenvalue weighted by Crippen LogP contribution is -2.19. The molecule has 7 heteroatoms. The third-order valence-corrected chi connectivity index (χ3v) is 7.48. The van der Waals surface area contributed by atoms with Crippen LogP contribution in [0.25, 0.3) is 0 Å². The fourth-order valence-corrected chi connectivity index (χ4v) is 5.08. The van der Waals surface area contributed by atoms with Gasteiger partial charge in [0.05, 0.1) is 25.0 Å². The lowest BCUT2D eigenvalue weighted by molar-refractivity contribution is 0.113. The van der Waals surface area contributed by atoms with Gasteiger partial charge in [-0.25, -0.2) is 0 Å². The molecule has 206 valence electrons. The van der Waals surface area contributed by atoms with E-state index in [1.54, 1.807) is 21.3 Å². The summed E-state index contributed by atoms with van der Waals surface area (Å²) in [5.74, 6) is 0.856. The van der Waals surface area contributed by atoms with Crippen molar-refractivity contribution in [3.63, 3.8) is 0 Å². The van der Waals surface area contributed by atoms with E-state index >= 15 is 0 Å². The lowest BCUT2D eigenvalue weighted by Gasteiger charge is -2.21. The first-order chi connectivity index (χ1) is 18.0. The number of aryl methyl sites for hydroxylation is 4. The van der Waals surface area contributed by atoms with E-state index in [0.29, 0.717) is 0 Å². The van der Waals surface area contributed by atoms with Gasteiger partial charge in [-0.05, 0) is 107 Å². The van der Waals surface area contributed by atoms with Gasteiger partial charge in [0, 0.05) is 38.8 Å². The van der Waals surface area contributed by atoms with Crippen molar-refractivity contribution < 1.29 is 19.3 Å². The fraction of sp³-hybridized carbons (Fsp3) is 0.667. The van der Waals surface area contributed by atoms with Crippen molar-refractivity contribution in [2.45, 2.75) is 96.8 Å². The van der Waals surface area contributed by atoms with E-state index in [1.165, 1.54) is 53.8 Å². The Morgan fingerprint density at radius 3 is 1.97 bits per heavy atom. The SMILES string of the molecule is COC(C)c1nc2c(cc1CNCCCCO)CCCC2.COc1cc2c(nc1C(C)OC)CCCC2. The molecule has 0 spiro atoms. The van der Waals surface area contributed by atoms with Crippen molar-refractivity contribution in [1.82, 2.24) is 15.3 Å². The van der Waals surface area contributed by atoms with Crippen LogP contribution in [0.5, 0.6) is 5.75 Å². The van der Waals surface area contributed by atoms with Crippen LogP contribution in [0.4, 0.5) is 0 Å². The summed E-state index contributed by atoms with van der Waals surface area (Å²) < 4.78 is 16.2. The number of hydrogen-bond acceptors (Lipinski definition) is 7. The van der Waals surface area contributed by atoms with Crippen LogP contribution < -0.4 is 10.1 Å². The number of hydrogen-bond donors (Lipinski definition) is 2. The van der Waals surface area contributed by atoms with E-state index in [4.69, 9.17) is 29.3 Å². The van der Waals surface area contributed by atoms with Crippen LogP contribution in [0.2, 0.25) is 0 Å². The zero-order valence-corrected chi connectivity index (χ0v) is 23.6. The molecule has 0 saturated carbocycles. The Labute approximate surface area is 223 Å². The Balaban J connectivity index is 0.000000213. The quantitative estimate of drug-likeness (QED) is 0.399. The van der Waals surface area contributed by atoms with Crippen LogP contribution in [-0.4, -0.2) is 49.6 Å². The summed E-state index contributed by atoms with van der Waals surface area (Å²) in [5.41, 5.74) is 8.51. The van der Waals surface area contributed by atoms with Crippen molar-refractivity contribution in [3.8, 4) is 5.75 Å². The Hall–Kier alpha value is -2.06. The largest absolute Gasteiger partial charge is 0.495 e. The van der Waals surface area contributed by atoms with Crippen LogP contribution in [0.15, 0.2) is 12.1 Å². The molecule has 2 aliphatic carbocycles. The standard InChI is InChI=1S/C17H28N2O2.C13H19NO2/c1-13(21-2)17-15(12-18-9-5-6-10-20)11-14-7-3-4-8-16(14)19-17;1-9(15-2)13-12(16-3)8-10-6-4-5-7-11(10)14-13/h11,13,18,20H,3-10,12H2,1-2H3;8-9H,4-7H2,1-3H3. The summed E-state index contributed by atoms with van der Waals surface area (Å²) in [4.78, 5) is 9.60. The number of nitrogens with one attached hydrogen (secondary N) is 1. The maximum absolute atomic E-state index is 8.81. The van der Waals surface area contributed by atoms with Gasteiger partial charge in [0.2, 0.25) is 0 Å². The molecule has 2 unspecified atom stereocenters. The summed E-state index contributed by atoms with van der Waals surface area (Å²) in [6.07, 6.45) is 11.4. The van der Waals surface area contributed by atoms with Gasteiger partial charge in [-0.3, -0.25) is 9.97 Å². The number of aliphatic hydroxyl groups is 1. The second-order valence-corrected chi connectivity index (χ2v) is 10.1. The van der Waals surface area contributed by atoms with Gasteiger partial charge in [0.25, 0.3) is 0 Å². The minimum absolute atomic E-state index is 0.0119. The molecular formula is C30H47N3O4. The molecule has 2 heterocycles. The minimum atomic E-state index is -0.0119. The van der Waals surface area contributed by atoms with Gasteiger partial charge in [-0.2, -0.15) is 0 Å². The van der Waals surface area contributed by atoms with Crippen molar-refractivity contribution in [3.05, 3.63) is 51.6 Å². The molecule has 0 aliphatic heterocycles. The van der Waals surface area contributed by atoms with Crippen molar-refractivity contribution in [2.24, 2.45) is 0 Å². The monoisotopic (exact) mass is 513 g/mol. The maximum Gasteiger partial charge on any atom is 0.143 e. The summed E-state index contributed by atoms with van der Waals surface area (Å²) in [6, 6.07) is 4.46. The highest BCUT2D eigenvalue weighted by atomic mass is 16.5. The van der Waals surface area contributed by atoms with Gasteiger partial charge < -0.3 is 24.6 Å². The van der Waals surface area contributed by atoms with Crippen molar-refractivity contribution in [2.75, 3.05) is 34.5 Å².